The van der Waals surface area contributed by atoms with Crippen molar-refractivity contribution in [2.45, 2.75) is 89.1 Å². The van der Waals surface area contributed by atoms with Crippen LogP contribution in [0, 0.1) is 29.6 Å². The third kappa shape index (κ3) is 3.95. The third-order valence-corrected chi connectivity index (χ3v) is 7.43. The van der Waals surface area contributed by atoms with E-state index in [0.717, 1.165) is 30.6 Å². The minimum Gasteiger partial charge on any atom is -0.247 e. The van der Waals surface area contributed by atoms with Gasteiger partial charge in [0.15, 0.2) is 0 Å². The number of rotatable bonds is 2. The summed E-state index contributed by atoms with van der Waals surface area (Å²) in [6.07, 6.45) is 13.5. The van der Waals surface area contributed by atoms with Crippen molar-refractivity contribution in [2.24, 2.45) is 29.6 Å². The average Bonchev–Trinajstić information content (AvgIpc) is 2.51. The van der Waals surface area contributed by atoms with Gasteiger partial charge in [0, 0.05) is 5.38 Å². The molecule has 0 aromatic heterocycles. The van der Waals surface area contributed by atoms with Gasteiger partial charge in [-0.15, -0.1) is 11.6 Å². The van der Waals surface area contributed by atoms with Crippen molar-refractivity contribution in [2.75, 3.05) is 0 Å². The van der Waals surface area contributed by atoms with Gasteiger partial charge in [0.2, 0.25) is 0 Å². The molecule has 0 spiro atoms. The predicted molar refractivity (Wildman–Crippen MR) is 88.4 cm³/mol. The van der Waals surface area contributed by atoms with Gasteiger partial charge >= 0.3 is 0 Å². The van der Waals surface area contributed by atoms with Crippen LogP contribution in [0.3, 0.4) is 0 Å². The molecule has 0 aromatic carbocycles. The number of alkyl halides is 2. The van der Waals surface area contributed by atoms with Crippen LogP contribution >= 0.6 is 11.6 Å². The summed E-state index contributed by atoms with van der Waals surface area (Å²) in [7, 11) is 0. The molecule has 0 N–H and O–H groups in total. The Morgan fingerprint density at radius 2 is 1.10 bits per heavy atom. The van der Waals surface area contributed by atoms with Crippen molar-refractivity contribution in [1.82, 2.24) is 0 Å². The molecule has 3 fully saturated rings. The SMILES string of the molecule is CC1CCC(C2CCC(C3CCC(Cl)CC3)CC2)CC1F. The van der Waals surface area contributed by atoms with Gasteiger partial charge in [-0.3, -0.25) is 0 Å². The Kier molecular flexibility index (Phi) is 5.51. The van der Waals surface area contributed by atoms with Crippen LogP contribution in [0.15, 0.2) is 0 Å². The molecule has 21 heavy (non-hydrogen) atoms. The molecule has 3 unspecified atom stereocenters. The van der Waals surface area contributed by atoms with Crippen LogP contribution in [0.1, 0.15) is 77.6 Å². The van der Waals surface area contributed by atoms with Crippen LogP contribution in [0.4, 0.5) is 4.39 Å². The van der Waals surface area contributed by atoms with Gasteiger partial charge in [0.05, 0.1) is 0 Å². The van der Waals surface area contributed by atoms with Crippen molar-refractivity contribution >= 4 is 11.6 Å². The van der Waals surface area contributed by atoms with Gasteiger partial charge in [-0.2, -0.15) is 0 Å². The Morgan fingerprint density at radius 1 is 0.667 bits per heavy atom. The summed E-state index contributed by atoms with van der Waals surface area (Å²) < 4.78 is 14.0. The molecule has 3 atom stereocenters. The van der Waals surface area contributed by atoms with E-state index >= 15 is 0 Å². The molecule has 3 aliphatic carbocycles. The zero-order valence-electron chi connectivity index (χ0n) is 13.6. The Bertz CT molecular complexity index is 316. The van der Waals surface area contributed by atoms with E-state index in [2.05, 4.69) is 6.92 Å². The minimum atomic E-state index is -0.527. The second-order valence-corrected chi connectivity index (χ2v) is 8.87. The predicted octanol–water partition coefficient (Wildman–Crippen LogP) is 6.36. The monoisotopic (exact) mass is 314 g/mol. The first kappa shape index (κ1) is 16.1. The standard InChI is InChI=1S/C19H32ClF/c1-13-2-3-17(12-19(13)21)16-6-4-14(5-7-16)15-8-10-18(20)11-9-15/h13-19H,2-12H2,1H3. The largest absolute Gasteiger partial charge is 0.247 e. The molecule has 3 aliphatic rings. The molecule has 0 heterocycles. The van der Waals surface area contributed by atoms with Crippen molar-refractivity contribution in [3.8, 4) is 0 Å². The summed E-state index contributed by atoms with van der Waals surface area (Å²) in [6.45, 7) is 2.09. The Hall–Kier alpha value is 0.220. The quantitative estimate of drug-likeness (QED) is 0.520. The first-order valence-electron chi connectivity index (χ1n) is 9.41. The van der Waals surface area contributed by atoms with E-state index in [1.807, 2.05) is 0 Å². The van der Waals surface area contributed by atoms with Crippen LogP contribution in [-0.2, 0) is 0 Å². The van der Waals surface area contributed by atoms with Gasteiger partial charge < -0.3 is 0 Å². The van der Waals surface area contributed by atoms with Gasteiger partial charge in [0.1, 0.15) is 6.17 Å². The summed E-state index contributed by atoms with van der Waals surface area (Å²) in [6, 6.07) is 0. The van der Waals surface area contributed by atoms with E-state index in [-0.39, 0.29) is 0 Å². The zero-order chi connectivity index (χ0) is 14.8. The lowest BCUT2D eigenvalue weighted by Crippen LogP contribution is -2.32. The minimum absolute atomic E-state index is 0.309. The third-order valence-electron chi connectivity index (χ3n) is 6.99. The molecule has 0 radical (unpaired) electrons. The van der Waals surface area contributed by atoms with E-state index in [1.165, 1.54) is 57.8 Å². The number of hydrogen-bond acceptors (Lipinski definition) is 0. The summed E-state index contributed by atoms with van der Waals surface area (Å²) in [4.78, 5) is 0. The summed E-state index contributed by atoms with van der Waals surface area (Å²) in [5.41, 5.74) is 0. The highest BCUT2D eigenvalue weighted by Gasteiger charge is 2.36. The smallest absolute Gasteiger partial charge is 0.103 e. The fourth-order valence-corrected chi connectivity index (χ4v) is 5.62. The normalized spacial score (nSPS) is 49.0. The maximum absolute atomic E-state index is 14.0. The second kappa shape index (κ2) is 7.20. The lowest BCUT2D eigenvalue weighted by Gasteiger charge is -2.41. The maximum Gasteiger partial charge on any atom is 0.103 e. The highest BCUT2D eigenvalue weighted by molar-refractivity contribution is 6.20. The fourth-order valence-electron chi connectivity index (χ4n) is 5.36. The van der Waals surface area contributed by atoms with Crippen molar-refractivity contribution in [3.05, 3.63) is 0 Å². The summed E-state index contributed by atoms with van der Waals surface area (Å²) in [5, 5.41) is 0.448. The average molecular weight is 315 g/mol. The maximum atomic E-state index is 14.0. The van der Waals surface area contributed by atoms with Crippen molar-refractivity contribution in [1.29, 1.82) is 0 Å². The molecule has 3 rings (SSSR count). The van der Waals surface area contributed by atoms with E-state index in [0.29, 0.717) is 17.2 Å². The second-order valence-electron chi connectivity index (χ2n) is 8.25. The molecule has 2 heteroatoms. The zero-order valence-corrected chi connectivity index (χ0v) is 14.3. The van der Waals surface area contributed by atoms with Crippen LogP contribution in [0.2, 0.25) is 0 Å². The molecule has 122 valence electrons. The molecular weight excluding hydrogens is 283 g/mol. The summed E-state index contributed by atoms with van der Waals surface area (Å²) >= 11 is 6.24. The Balaban J connectivity index is 1.45. The molecule has 0 nitrogen and oxygen atoms in total. The molecule has 0 saturated heterocycles. The first-order chi connectivity index (χ1) is 10.1. The number of halogens is 2. The van der Waals surface area contributed by atoms with E-state index in [1.54, 1.807) is 0 Å². The topological polar surface area (TPSA) is 0 Å². The van der Waals surface area contributed by atoms with Crippen LogP contribution < -0.4 is 0 Å². The highest BCUT2D eigenvalue weighted by atomic mass is 35.5. The Morgan fingerprint density at radius 3 is 1.62 bits per heavy atom. The van der Waals surface area contributed by atoms with Gasteiger partial charge in [-0.05, 0) is 100 Å². The Labute approximate surface area is 135 Å². The molecule has 0 bridgehead atoms. The van der Waals surface area contributed by atoms with Crippen molar-refractivity contribution in [3.63, 3.8) is 0 Å². The van der Waals surface area contributed by atoms with Crippen LogP contribution in [-0.4, -0.2) is 11.5 Å². The van der Waals surface area contributed by atoms with Crippen LogP contribution in [0.5, 0.6) is 0 Å². The molecule has 0 aromatic rings. The van der Waals surface area contributed by atoms with E-state index in [9.17, 15) is 4.39 Å². The van der Waals surface area contributed by atoms with Gasteiger partial charge in [-0.1, -0.05) is 6.92 Å². The highest BCUT2D eigenvalue weighted by Crippen LogP contribution is 2.46. The molecular formula is C19H32ClF. The number of hydrogen-bond donors (Lipinski definition) is 0. The molecule has 0 aliphatic heterocycles. The van der Waals surface area contributed by atoms with Crippen LogP contribution in [0.25, 0.3) is 0 Å². The van der Waals surface area contributed by atoms with Crippen molar-refractivity contribution < 1.29 is 4.39 Å². The lowest BCUT2D eigenvalue weighted by molar-refractivity contribution is 0.0723. The van der Waals surface area contributed by atoms with Gasteiger partial charge in [-0.25, -0.2) is 4.39 Å². The van der Waals surface area contributed by atoms with E-state index < -0.39 is 6.17 Å². The fraction of sp³-hybridized carbons (Fsp3) is 1.00. The lowest BCUT2D eigenvalue weighted by atomic mass is 9.65. The van der Waals surface area contributed by atoms with E-state index in [4.69, 9.17) is 11.6 Å². The molecule has 3 saturated carbocycles. The van der Waals surface area contributed by atoms with Gasteiger partial charge in [0.25, 0.3) is 0 Å². The molecule has 0 amide bonds. The summed E-state index contributed by atoms with van der Waals surface area (Å²) in [5.74, 6) is 3.73. The first-order valence-corrected chi connectivity index (χ1v) is 9.85.